The van der Waals surface area contributed by atoms with Gasteiger partial charge in [-0.1, -0.05) is 26.2 Å². The lowest BCUT2D eigenvalue weighted by molar-refractivity contribution is -0.00238. The average Bonchev–Trinajstić information content (AvgIpc) is 3.02. The van der Waals surface area contributed by atoms with E-state index in [9.17, 15) is 0 Å². The maximum absolute atomic E-state index is 6.54. The van der Waals surface area contributed by atoms with Crippen molar-refractivity contribution in [2.45, 2.75) is 102 Å². The lowest BCUT2D eigenvalue weighted by atomic mass is 9.88. The first-order valence-electron chi connectivity index (χ1n) is 11.7. The summed E-state index contributed by atoms with van der Waals surface area (Å²) in [6.45, 7) is 4.36. The van der Waals surface area contributed by atoms with E-state index in [2.05, 4.69) is 24.4 Å². The van der Waals surface area contributed by atoms with Crippen LogP contribution < -0.4 is 5.43 Å². The van der Waals surface area contributed by atoms with E-state index < -0.39 is 0 Å². The second-order valence-electron chi connectivity index (χ2n) is 9.54. The first kappa shape index (κ1) is 19.7. The van der Waals surface area contributed by atoms with Crippen molar-refractivity contribution >= 4 is 0 Å². The van der Waals surface area contributed by atoms with Crippen LogP contribution in [-0.4, -0.2) is 43.5 Å². The van der Waals surface area contributed by atoms with Gasteiger partial charge in [0.25, 0.3) is 0 Å². The van der Waals surface area contributed by atoms with E-state index in [4.69, 9.17) is 9.47 Å². The smallest absolute Gasteiger partial charge is 0.106 e. The molecule has 0 amide bonds. The molecule has 2 aliphatic heterocycles. The van der Waals surface area contributed by atoms with Gasteiger partial charge in [-0.2, -0.15) is 0 Å². The van der Waals surface area contributed by atoms with E-state index in [1.807, 2.05) is 0 Å². The zero-order valence-electron chi connectivity index (χ0n) is 17.5. The summed E-state index contributed by atoms with van der Waals surface area (Å²) in [6.07, 6.45) is 16.1. The molecule has 4 aliphatic rings. The topological polar surface area (TPSA) is 33.7 Å². The molecule has 27 heavy (non-hydrogen) atoms. The molecule has 2 aliphatic carbocycles. The van der Waals surface area contributed by atoms with E-state index in [1.165, 1.54) is 76.4 Å². The van der Waals surface area contributed by atoms with E-state index in [0.717, 1.165) is 25.5 Å². The Labute approximate surface area is 166 Å². The molecule has 4 heteroatoms. The van der Waals surface area contributed by atoms with Crippen LogP contribution in [0.4, 0.5) is 0 Å². The third-order valence-electron chi connectivity index (χ3n) is 7.42. The second kappa shape index (κ2) is 9.28. The van der Waals surface area contributed by atoms with E-state index in [-0.39, 0.29) is 0 Å². The molecule has 4 unspecified atom stereocenters. The number of ether oxygens (including phenoxy) is 2. The van der Waals surface area contributed by atoms with E-state index >= 15 is 0 Å². The molecule has 2 heterocycles. The molecule has 1 saturated heterocycles. The summed E-state index contributed by atoms with van der Waals surface area (Å²) in [5, 5.41) is 2.31. The van der Waals surface area contributed by atoms with Gasteiger partial charge < -0.3 is 9.47 Å². The van der Waals surface area contributed by atoms with Gasteiger partial charge in [-0.15, -0.1) is 0 Å². The molecule has 4 atom stereocenters. The van der Waals surface area contributed by atoms with Gasteiger partial charge in [0, 0.05) is 45.0 Å². The van der Waals surface area contributed by atoms with Gasteiger partial charge >= 0.3 is 0 Å². The number of rotatable bonds is 5. The largest absolute Gasteiger partial charge is 0.494 e. The summed E-state index contributed by atoms with van der Waals surface area (Å²) in [6, 6.07) is 0.626. The maximum atomic E-state index is 6.54. The van der Waals surface area contributed by atoms with Crippen LogP contribution >= 0.6 is 0 Å². The van der Waals surface area contributed by atoms with Crippen molar-refractivity contribution in [2.75, 3.05) is 20.2 Å². The van der Waals surface area contributed by atoms with Gasteiger partial charge in [-0.25, -0.2) is 5.01 Å². The van der Waals surface area contributed by atoms with Crippen molar-refractivity contribution in [3.63, 3.8) is 0 Å². The molecule has 2 fully saturated rings. The van der Waals surface area contributed by atoms with Gasteiger partial charge in [0.1, 0.15) is 6.10 Å². The molecular weight excluding hydrogens is 336 g/mol. The van der Waals surface area contributed by atoms with Crippen LogP contribution in [0, 0.1) is 11.8 Å². The van der Waals surface area contributed by atoms with Gasteiger partial charge in [0.2, 0.25) is 0 Å². The molecule has 0 aromatic heterocycles. The highest BCUT2D eigenvalue weighted by Crippen LogP contribution is 2.41. The molecular formula is C23H40N2O2. The Kier molecular flexibility index (Phi) is 6.78. The Morgan fingerprint density at radius 2 is 1.93 bits per heavy atom. The lowest BCUT2D eigenvalue weighted by Gasteiger charge is -2.28. The van der Waals surface area contributed by atoms with Gasteiger partial charge in [0.15, 0.2) is 0 Å². The van der Waals surface area contributed by atoms with Crippen molar-refractivity contribution in [1.82, 2.24) is 10.4 Å². The third kappa shape index (κ3) is 5.07. The van der Waals surface area contributed by atoms with Crippen molar-refractivity contribution in [3.8, 4) is 0 Å². The summed E-state index contributed by atoms with van der Waals surface area (Å²) >= 11 is 0. The maximum Gasteiger partial charge on any atom is 0.106 e. The predicted octanol–water partition coefficient (Wildman–Crippen LogP) is 4.80. The molecule has 0 bridgehead atoms. The molecule has 0 aromatic carbocycles. The quantitative estimate of drug-likeness (QED) is 0.747. The first-order chi connectivity index (χ1) is 13.2. The van der Waals surface area contributed by atoms with Gasteiger partial charge in [-0.05, 0) is 56.4 Å². The fourth-order valence-corrected chi connectivity index (χ4v) is 5.66. The highest BCUT2D eigenvalue weighted by Gasteiger charge is 2.37. The summed E-state index contributed by atoms with van der Waals surface area (Å²) in [7, 11) is 2.19. The number of hydrogen-bond acceptors (Lipinski definition) is 4. The molecule has 0 radical (unpaired) electrons. The zero-order valence-corrected chi connectivity index (χ0v) is 17.5. The zero-order chi connectivity index (χ0) is 18.6. The van der Waals surface area contributed by atoms with Crippen LogP contribution in [0.3, 0.4) is 0 Å². The fourth-order valence-electron chi connectivity index (χ4n) is 5.66. The Hall–Kier alpha value is -0.580. The van der Waals surface area contributed by atoms with Crippen LogP contribution in [-0.2, 0) is 9.47 Å². The highest BCUT2D eigenvalue weighted by molar-refractivity contribution is 5.19. The van der Waals surface area contributed by atoms with Crippen LogP contribution in [0.5, 0.6) is 0 Å². The van der Waals surface area contributed by atoms with Crippen LogP contribution in [0.2, 0.25) is 0 Å². The fraction of sp³-hybridized carbons (Fsp3) is 0.913. The van der Waals surface area contributed by atoms with Crippen molar-refractivity contribution < 1.29 is 9.47 Å². The minimum absolute atomic E-state index is 0.395. The summed E-state index contributed by atoms with van der Waals surface area (Å²) < 4.78 is 12.9. The van der Waals surface area contributed by atoms with Crippen molar-refractivity contribution in [2.24, 2.45) is 11.8 Å². The standard InChI is InChI=1S/C23H40N2O2/c1-3-20-11-9-19(15-25(2)24-20)22-13-18-10-12-21(14-23(18)27-22)26-16-17-7-5-4-6-8-17/h17,19-22,24H,3-16H2,1-2H3. The molecule has 154 valence electrons. The Balaban J connectivity index is 1.26. The molecule has 1 N–H and O–H groups in total. The molecule has 1 saturated carbocycles. The van der Waals surface area contributed by atoms with Gasteiger partial charge in [0.05, 0.1) is 11.9 Å². The normalized spacial score (nSPS) is 36.4. The minimum Gasteiger partial charge on any atom is -0.494 e. The average molecular weight is 377 g/mol. The SMILES string of the molecule is CCC1CCC(C2CC3=C(CC(OCC4CCCCC4)CC3)O2)CN(C)N1. The molecule has 0 aromatic rings. The number of hydrogen-bond donors (Lipinski definition) is 1. The minimum atomic E-state index is 0.395. The second-order valence-corrected chi connectivity index (χ2v) is 9.54. The van der Waals surface area contributed by atoms with Gasteiger partial charge in [-0.3, -0.25) is 5.43 Å². The Morgan fingerprint density at radius 3 is 2.74 bits per heavy atom. The third-order valence-corrected chi connectivity index (χ3v) is 7.42. The highest BCUT2D eigenvalue weighted by atomic mass is 16.5. The first-order valence-corrected chi connectivity index (χ1v) is 11.7. The van der Waals surface area contributed by atoms with Crippen LogP contribution in [0.15, 0.2) is 11.3 Å². The Bertz CT molecular complexity index is 515. The number of hydrazine groups is 1. The summed E-state index contributed by atoms with van der Waals surface area (Å²) in [5.74, 6) is 2.75. The van der Waals surface area contributed by atoms with Crippen molar-refractivity contribution in [1.29, 1.82) is 0 Å². The summed E-state index contributed by atoms with van der Waals surface area (Å²) in [5.41, 5.74) is 5.25. The van der Waals surface area contributed by atoms with Crippen LogP contribution in [0.1, 0.15) is 84.0 Å². The lowest BCUT2D eigenvalue weighted by Crippen LogP contribution is -2.42. The van der Waals surface area contributed by atoms with Crippen molar-refractivity contribution in [3.05, 3.63) is 11.3 Å². The number of nitrogens with zero attached hydrogens (tertiary/aromatic N) is 1. The Morgan fingerprint density at radius 1 is 1.07 bits per heavy atom. The molecule has 4 rings (SSSR count). The monoisotopic (exact) mass is 376 g/mol. The summed E-state index contributed by atoms with van der Waals surface area (Å²) in [4.78, 5) is 0. The predicted molar refractivity (Wildman–Crippen MR) is 109 cm³/mol. The van der Waals surface area contributed by atoms with E-state index in [1.54, 1.807) is 5.57 Å². The number of nitrogens with one attached hydrogen (secondary N) is 1. The molecule has 4 nitrogen and oxygen atoms in total. The molecule has 0 spiro atoms. The van der Waals surface area contributed by atoms with Crippen LogP contribution in [0.25, 0.3) is 0 Å². The van der Waals surface area contributed by atoms with E-state index in [0.29, 0.717) is 24.2 Å².